The predicted octanol–water partition coefficient (Wildman–Crippen LogP) is -2.37. The third-order valence-corrected chi connectivity index (χ3v) is 1.09. The second-order valence-electron chi connectivity index (χ2n) is 1.85. The topological polar surface area (TPSA) is 85.8 Å². The summed E-state index contributed by atoms with van der Waals surface area (Å²) in [5.41, 5.74) is 5.31. The summed E-state index contributed by atoms with van der Waals surface area (Å²) in [5.74, 6) is -0.847. The number of aliphatic carboxylic acids is 1. The van der Waals surface area contributed by atoms with Gasteiger partial charge in [0.25, 0.3) is 0 Å². The lowest BCUT2D eigenvalue weighted by molar-refractivity contribution is -0.675. The lowest BCUT2D eigenvalue weighted by Gasteiger charge is -1.97. The van der Waals surface area contributed by atoms with E-state index < -0.39 is 5.97 Å². The molecule has 3 N–H and O–H groups in total. The maximum Gasteiger partial charge on any atom is 0.352 e. The Morgan fingerprint density at radius 3 is 3.00 bits per heavy atom. The normalized spacial score (nSPS) is 9.60. The summed E-state index contributed by atoms with van der Waals surface area (Å²) in [5, 5.41) is 10.0. The van der Waals surface area contributed by atoms with Gasteiger partial charge in [0.2, 0.25) is 0 Å². The van der Waals surface area contributed by atoms with Crippen LogP contribution in [0.5, 0.6) is 0 Å². The van der Waals surface area contributed by atoms with Gasteiger partial charge in [-0.2, -0.15) is 0 Å². The average Bonchev–Trinajstić information content (AvgIpc) is 2.15. The maximum absolute atomic E-state index is 10.0. The van der Waals surface area contributed by atoms with Crippen LogP contribution >= 0.6 is 0 Å². The second-order valence-corrected chi connectivity index (χ2v) is 1.85. The fraction of sp³-hybridized carbons (Fsp3) is 0.200. The minimum absolute atomic E-state index is 0.213. The van der Waals surface area contributed by atoms with Crippen LogP contribution in [0.2, 0.25) is 0 Å². The molecule has 1 aromatic rings. The van der Waals surface area contributed by atoms with Crippen LogP contribution in [0, 0.1) is 0 Å². The number of aromatic amines is 1. The standard InChI is InChI=1S/C5H7N3O2/c6-5-7-1-2-8(5)3-4(9)10/h1-2H,3H2,(H3,6,7,9,10). The van der Waals surface area contributed by atoms with Gasteiger partial charge in [-0.25, -0.2) is 9.55 Å². The third-order valence-electron chi connectivity index (χ3n) is 1.09. The molecule has 54 valence electrons. The predicted molar refractivity (Wildman–Crippen MR) is 30.4 cm³/mol. The summed E-state index contributed by atoms with van der Waals surface area (Å²) in [6.07, 6.45) is 3.09. The Bertz CT molecular complexity index is 243. The highest BCUT2D eigenvalue weighted by Gasteiger charge is 2.02. The van der Waals surface area contributed by atoms with Crippen molar-refractivity contribution in [1.82, 2.24) is 4.98 Å². The molecule has 0 aromatic carbocycles. The summed E-state index contributed by atoms with van der Waals surface area (Å²) >= 11 is 0. The van der Waals surface area contributed by atoms with E-state index in [2.05, 4.69) is 4.98 Å². The van der Waals surface area contributed by atoms with Crippen LogP contribution in [0.3, 0.4) is 0 Å². The van der Waals surface area contributed by atoms with Crippen molar-refractivity contribution in [2.75, 3.05) is 5.73 Å². The number of rotatable bonds is 2. The first-order valence-electron chi connectivity index (χ1n) is 2.72. The number of nitrogen functional groups attached to an aromatic ring is 1. The van der Waals surface area contributed by atoms with Gasteiger partial charge in [-0.3, -0.25) is 5.73 Å². The van der Waals surface area contributed by atoms with Gasteiger partial charge in [-0.15, -0.1) is 0 Å². The molecule has 1 aromatic heterocycles. The zero-order chi connectivity index (χ0) is 7.56. The van der Waals surface area contributed by atoms with Gasteiger partial charge in [0, 0.05) is 0 Å². The summed E-state index contributed by atoms with van der Waals surface area (Å²) in [6, 6.07) is 0. The number of carbonyl (C=O) groups is 1. The molecule has 0 saturated heterocycles. The number of nitrogens with one attached hydrogen (secondary N) is 1. The average molecular weight is 141 g/mol. The molecule has 1 heterocycles. The summed E-state index contributed by atoms with van der Waals surface area (Å²) in [6.45, 7) is -0.213. The van der Waals surface area contributed by atoms with Gasteiger partial charge in [-0.05, 0) is 0 Å². The molecule has 0 unspecified atom stereocenters. The number of nitrogens with zero attached hydrogens (tertiary/aromatic N) is 1. The minimum Gasteiger partial charge on any atom is -0.547 e. The number of anilines is 1. The molecule has 5 nitrogen and oxygen atoms in total. The molecule has 0 saturated carbocycles. The number of hydrogen-bond acceptors (Lipinski definition) is 3. The van der Waals surface area contributed by atoms with Gasteiger partial charge in [0.15, 0.2) is 0 Å². The van der Waals surface area contributed by atoms with Crippen molar-refractivity contribution in [2.45, 2.75) is 6.54 Å². The Hall–Kier alpha value is -1.52. The molecule has 5 heteroatoms. The van der Waals surface area contributed by atoms with E-state index in [4.69, 9.17) is 5.73 Å². The number of H-pyrrole nitrogens is 1. The number of hydrogen-bond donors (Lipinski definition) is 2. The van der Waals surface area contributed by atoms with Crippen LogP contribution in [-0.4, -0.2) is 11.0 Å². The molecule has 0 radical (unpaired) electrons. The zero-order valence-electron chi connectivity index (χ0n) is 5.20. The summed E-state index contributed by atoms with van der Waals surface area (Å²) in [7, 11) is 0. The number of imidazole rings is 1. The van der Waals surface area contributed by atoms with Crippen LogP contribution in [-0.2, 0) is 11.3 Å². The molecule has 0 aliphatic rings. The third kappa shape index (κ3) is 1.25. The van der Waals surface area contributed by atoms with Crippen LogP contribution in [0.4, 0.5) is 5.95 Å². The molecular formula is C5H7N3O2. The van der Waals surface area contributed by atoms with Crippen molar-refractivity contribution in [1.29, 1.82) is 0 Å². The molecule has 10 heavy (non-hydrogen) atoms. The number of nitrogens with two attached hydrogens (primary N) is 1. The van der Waals surface area contributed by atoms with Crippen molar-refractivity contribution in [3.63, 3.8) is 0 Å². The maximum atomic E-state index is 10.0. The Labute approximate surface area is 57.1 Å². The Balaban J connectivity index is 2.74. The molecule has 0 aliphatic heterocycles. The number of carboxylic acids is 1. The highest BCUT2D eigenvalue weighted by molar-refractivity contribution is 5.62. The van der Waals surface area contributed by atoms with E-state index in [0.29, 0.717) is 5.95 Å². The van der Waals surface area contributed by atoms with Gasteiger partial charge in [0.1, 0.15) is 6.54 Å². The largest absolute Gasteiger partial charge is 0.547 e. The minimum atomic E-state index is -1.16. The van der Waals surface area contributed by atoms with Crippen molar-refractivity contribution >= 4 is 11.9 Å². The Morgan fingerprint density at radius 2 is 2.60 bits per heavy atom. The number of carboxylic acid groups (broad SMARTS) is 1. The first-order valence-corrected chi connectivity index (χ1v) is 2.72. The van der Waals surface area contributed by atoms with Crippen LogP contribution < -0.4 is 15.4 Å². The highest BCUT2D eigenvalue weighted by Crippen LogP contribution is 1.82. The van der Waals surface area contributed by atoms with E-state index >= 15 is 0 Å². The quantitative estimate of drug-likeness (QED) is 0.451. The molecule has 0 amide bonds. The smallest absolute Gasteiger partial charge is 0.352 e. The van der Waals surface area contributed by atoms with Crippen molar-refractivity contribution in [2.24, 2.45) is 0 Å². The number of carbonyl (C=O) groups excluding carboxylic acids is 1. The van der Waals surface area contributed by atoms with Crippen molar-refractivity contribution in [3.05, 3.63) is 12.4 Å². The molecule has 0 aliphatic carbocycles. The molecular weight excluding hydrogens is 134 g/mol. The summed E-state index contributed by atoms with van der Waals surface area (Å²) in [4.78, 5) is 12.6. The van der Waals surface area contributed by atoms with Gasteiger partial charge >= 0.3 is 5.95 Å². The van der Waals surface area contributed by atoms with Gasteiger partial charge < -0.3 is 9.90 Å². The fourth-order valence-electron chi connectivity index (χ4n) is 0.653. The van der Waals surface area contributed by atoms with E-state index in [0.717, 1.165) is 0 Å². The first kappa shape index (κ1) is 6.60. The first-order chi connectivity index (χ1) is 4.70. The van der Waals surface area contributed by atoms with E-state index in [9.17, 15) is 9.90 Å². The van der Waals surface area contributed by atoms with E-state index in [1.54, 1.807) is 6.20 Å². The van der Waals surface area contributed by atoms with E-state index in [1.165, 1.54) is 10.8 Å². The van der Waals surface area contributed by atoms with Crippen LogP contribution in [0.15, 0.2) is 12.4 Å². The van der Waals surface area contributed by atoms with Gasteiger partial charge in [-0.1, -0.05) is 0 Å². The lowest BCUT2D eigenvalue weighted by atomic mass is 10.6. The summed E-state index contributed by atoms with van der Waals surface area (Å²) < 4.78 is 1.34. The van der Waals surface area contributed by atoms with Crippen molar-refractivity contribution < 1.29 is 14.5 Å². The molecule has 0 fully saturated rings. The fourth-order valence-corrected chi connectivity index (χ4v) is 0.653. The molecule has 0 atom stereocenters. The highest BCUT2D eigenvalue weighted by atomic mass is 16.4. The van der Waals surface area contributed by atoms with Gasteiger partial charge in [0.05, 0.1) is 18.4 Å². The Morgan fingerprint density at radius 1 is 1.90 bits per heavy atom. The monoisotopic (exact) mass is 141 g/mol. The molecule has 0 bridgehead atoms. The zero-order valence-corrected chi connectivity index (χ0v) is 5.20. The lowest BCUT2D eigenvalue weighted by Crippen LogP contribution is -2.44. The van der Waals surface area contributed by atoms with Crippen molar-refractivity contribution in [3.8, 4) is 0 Å². The SMILES string of the molecule is Nc1[nH]cc[n+]1CC(=O)[O-]. The molecule has 1 rings (SSSR count). The van der Waals surface area contributed by atoms with E-state index in [-0.39, 0.29) is 6.54 Å². The second kappa shape index (κ2) is 2.38. The number of aromatic nitrogens is 2. The van der Waals surface area contributed by atoms with Crippen LogP contribution in [0.25, 0.3) is 0 Å². The van der Waals surface area contributed by atoms with Crippen LogP contribution in [0.1, 0.15) is 0 Å². The Kier molecular flexibility index (Phi) is 1.57. The van der Waals surface area contributed by atoms with E-state index in [1.807, 2.05) is 0 Å². The molecule has 0 spiro atoms.